The van der Waals surface area contributed by atoms with Gasteiger partial charge in [0, 0.05) is 24.8 Å². The van der Waals surface area contributed by atoms with E-state index < -0.39 is 30.5 Å². The lowest BCUT2D eigenvalue weighted by molar-refractivity contribution is -0.123. The standard InChI is InChI=1S/C25H38N2O4SSi/c1-24(2,3)32(29)27-16-21-20(14-15-31-33(7,8)25(4,5)6)23(28)22(17-26-21)30-18-19-12-10-9-11-13-19/h9-13,16-17,22H,14-15,18H2,1-8H3. The van der Waals surface area contributed by atoms with Crippen LogP contribution in [0, 0.1) is 0 Å². The zero-order valence-corrected chi connectivity index (χ0v) is 23.0. The van der Waals surface area contributed by atoms with E-state index in [2.05, 4.69) is 43.3 Å². The normalized spacial score (nSPS) is 18.9. The van der Waals surface area contributed by atoms with E-state index in [1.54, 1.807) is 0 Å². The molecule has 0 radical (unpaired) electrons. The van der Waals surface area contributed by atoms with Crippen LogP contribution < -0.4 is 0 Å². The van der Waals surface area contributed by atoms with Crippen molar-refractivity contribution in [2.75, 3.05) is 6.61 Å². The maximum atomic E-state index is 13.3. The van der Waals surface area contributed by atoms with Gasteiger partial charge in [-0.15, -0.1) is 0 Å². The van der Waals surface area contributed by atoms with E-state index in [-0.39, 0.29) is 10.8 Å². The highest BCUT2D eigenvalue weighted by atomic mass is 32.2. The molecule has 0 fully saturated rings. The fourth-order valence-electron chi connectivity index (χ4n) is 2.71. The molecule has 6 nitrogen and oxygen atoms in total. The fourth-order valence-corrected chi connectivity index (χ4v) is 4.27. The van der Waals surface area contributed by atoms with Crippen LogP contribution in [0.15, 0.2) is 51.0 Å². The summed E-state index contributed by atoms with van der Waals surface area (Å²) in [5.41, 5.74) is 1.92. The smallest absolute Gasteiger partial charge is 0.195 e. The van der Waals surface area contributed by atoms with Crippen LogP contribution in [-0.4, -0.2) is 48.5 Å². The number of benzene rings is 1. The van der Waals surface area contributed by atoms with Gasteiger partial charge in [-0.1, -0.05) is 55.5 Å². The first-order valence-corrected chi connectivity index (χ1v) is 15.3. The van der Waals surface area contributed by atoms with E-state index in [0.29, 0.717) is 30.9 Å². The molecule has 1 aromatic carbocycles. The highest BCUT2D eigenvalue weighted by molar-refractivity contribution is 7.91. The third-order valence-electron chi connectivity index (χ3n) is 5.90. The van der Waals surface area contributed by atoms with Gasteiger partial charge in [0.25, 0.3) is 0 Å². The third-order valence-corrected chi connectivity index (χ3v) is 11.8. The predicted molar refractivity (Wildman–Crippen MR) is 140 cm³/mol. The Kier molecular flexibility index (Phi) is 9.41. The molecule has 1 aliphatic heterocycles. The fraction of sp³-hybridized carbons (Fsp3) is 0.560. The molecule has 0 spiro atoms. The lowest BCUT2D eigenvalue weighted by Gasteiger charge is -2.36. The van der Waals surface area contributed by atoms with Crippen molar-refractivity contribution in [2.45, 2.75) is 83.6 Å². The molecule has 0 saturated carbocycles. The van der Waals surface area contributed by atoms with Gasteiger partial charge >= 0.3 is 0 Å². The van der Waals surface area contributed by atoms with Gasteiger partial charge in [0.05, 0.1) is 12.3 Å². The molecule has 33 heavy (non-hydrogen) atoms. The second-order valence-corrected chi connectivity index (χ2v) is 17.4. The van der Waals surface area contributed by atoms with Gasteiger partial charge in [0.1, 0.15) is 22.3 Å². The number of carbonyl (C=O) groups excluding carboxylic acids is 1. The Morgan fingerprint density at radius 1 is 1.15 bits per heavy atom. The number of aliphatic imine (C=N–C) groups is 1. The molecule has 0 bridgehead atoms. The first kappa shape index (κ1) is 27.7. The number of hydrogen-bond donors (Lipinski definition) is 0. The molecular weight excluding hydrogens is 452 g/mol. The summed E-state index contributed by atoms with van der Waals surface area (Å²) in [5.74, 6) is -0.150. The van der Waals surface area contributed by atoms with Crippen LogP contribution in [0.3, 0.4) is 0 Å². The monoisotopic (exact) mass is 490 g/mol. The molecule has 0 aliphatic carbocycles. The summed E-state index contributed by atoms with van der Waals surface area (Å²) in [6, 6.07) is 9.71. The molecule has 2 rings (SSSR count). The molecule has 0 amide bonds. The van der Waals surface area contributed by atoms with Crippen molar-refractivity contribution < 1.29 is 18.5 Å². The predicted octanol–water partition coefficient (Wildman–Crippen LogP) is 5.42. The van der Waals surface area contributed by atoms with E-state index >= 15 is 0 Å². The van der Waals surface area contributed by atoms with Gasteiger partial charge in [-0.25, -0.2) is 0 Å². The zero-order valence-electron chi connectivity index (χ0n) is 21.2. The van der Waals surface area contributed by atoms with E-state index in [9.17, 15) is 9.35 Å². The highest BCUT2D eigenvalue weighted by Crippen LogP contribution is 2.36. The van der Waals surface area contributed by atoms with Gasteiger partial charge in [0.15, 0.2) is 20.2 Å². The van der Waals surface area contributed by atoms with E-state index in [4.69, 9.17) is 9.16 Å². The molecule has 1 aromatic rings. The van der Waals surface area contributed by atoms with Crippen LogP contribution in [0.5, 0.6) is 0 Å². The van der Waals surface area contributed by atoms with Crippen LogP contribution in [0.4, 0.5) is 0 Å². The van der Waals surface area contributed by atoms with Crippen molar-refractivity contribution in [2.24, 2.45) is 9.39 Å². The number of ketones is 1. The van der Waals surface area contributed by atoms with Crippen LogP contribution in [0.1, 0.15) is 53.5 Å². The van der Waals surface area contributed by atoms with Gasteiger partial charge in [0.2, 0.25) is 0 Å². The molecule has 1 heterocycles. The van der Waals surface area contributed by atoms with E-state index in [0.717, 1.165) is 5.56 Å². The van der Waals surface area contributed by atoms with Gasteiger partial charge < -0.3 is 13.7 Å². The second kappa shape index (κ2) is 11.2. The van der Waals surface area contributed by atoms with Crippen LogP contribution in [0.25, 0.3) is 0 Å². The Balaban J connectivity index is 2.20. The summed E-state index contributed by atoms with van der Waals surface area (Å²) in [6.07, 6.45) is 2.59. The van der Waals surface area contributed by atoms with Crippen LogP contribution in [0.2, 0.25) is 18.1 Å². The topological polar surface area (TPSA) is 83.3 Å². The quantitative estimate of drug-likeness (QED) is 0.263. The number of Topliss-reactive ketones (excluding diaryl/α,β-unsaturated/α-hetero) is 1. The maximum absolute atomic E-state index is 13.3. The first-order valence-electron chi connectivity index (χ1n) is 11.3. The van der Waals surface area contributed by atoms with Crippen molar-refractivity contribution in [3.05, 3.63) is 47.2 Å². The lowest BCUT2D eigenvalue weighted by atomic mass is 9.99. The Bertz CT molecular complexity index is 899. The Hall–Kier alpha value is -1.58. The molecule has 1 aliphatic rings. The number of carbonyl (C=O) groups is 1. The van der Waals surface area contributed by atoms with Crippen molar-refractivity contribution >= 4 is 37.9 Å². The minimum atomic E-state index is -1.96. The van der Waals surface area contributed by atoms with Crippen molar-refractivity contribution in [3.63, 3.8) is 0 Å². The minimum Gasteiger partial charge on any atom is -0.591 e. The van der Waals surface area contributed by atoms with E-state index in [1.165, 1.54) is 12.4 Å². The summed E-state index contributed by atoms with van der Waals surface area (Å²) in [6.45, 7) is 17.2. The molecule has 0 N–H and O–H groups in total. The largest absolute Gasteiger partial charge is 0.591 e. The summed E-state index contributed by atoms with van der Waals surface area (Å²) < 4.78 is 28.2. The summed E-state index contributed by atoms with van der Waals surface area (Å²) in [4.78, 5) is 17.7. The van der Waals surface area contributed by atoms with Crippen molar-refractivity contribution in [3.8, 4) is 0 Å². The average molecular weight is 491 g/mol. The first-order chi connectivity index (χ1) is 15.2. The number of allylic oxidation sites excluding steroid dienone is 1. The Morgan fingerprint density at radius 2 is 1.79 bits per heavy atom. The molecule has 8 heteroatoms. The number of ether oxygens (including phenoxy) is 1. The third kappa shape index (κ3) is 8.00. The summed E-state index contributed by atoms with van der Waals surface area (Å²) in [7, 11) is -1.96. The maximum Gasteiger partial charge on any atom is 0.195 e. The van der Waals surface area contributed by atoms with Crippen molar-refractivity contribution in [1.82, 2.24) is 0 Å². The lowest BCUT2D eigenvalue weighted by Crippen LogP contribution is -2.41. The number of nitrogens with zero attached hydrogens (tertiary/aromatic N) is 2. The zero-order chi connectivity index (χ0) is 24.9. The van der Waals surface area contributed by atoms with Crippen LogP contribution in [-0.2, 0) is 31.9 Å². The number of rotatable bonds is 9. The van der Waals surface area contributed by atoms with Gasteiger partial charge in [-0.3, -0.25) is 9.79 Å². The van der Waals surface area contributed by atoms with E-state index in [1.807, 2.05) is 51.1 Å². The minimum absolute atomic E-state index is 0.0747. The summed E-state index contributed by atoms with van der Waals surface area (Å²) in [5, 5.41) is 0.0747. The Morgan fingerprint density at radius 3 is 2.36 bits per heavy atom. The second-order valence-electron chi connectivity index (χ2n) is 10.7. The number of hydrogen-bond acceptors (Lipinski definition) is 6. The molecule has 0 aromatic heterocycles. The molecule has 2 unspecified atom stereocenters. The summed E-state index contributed by atoms with van der Waals surface area (Å²) >= 11 is -1.44. The van der Waals surface area contributed by atoms with Crippen molar-refractivity contribution in [1.29, 1.82) is 0 Å². The average Bonchev–Trinajstić information content (AvgIpc) is 2.72. The van der Waals surface area contributed by atoms with Gasteiger partial charge in [-0.2, -0.15) is 0 Å². The SMILES string of the molecule is CC(C)(C)[S+]([O-])N=CC1=C(CCO[Si](C)(C)C(C)(C)C)C(=O)C(OCc2ccccc2)C=N1. The Labute approximate surface area is 203 Å². The highest BCUT2D eigenvalue weighted by Gasteiger charge is 2.37. The molecule has 182 valence electrons. The van der Waals surface area contributed by atoms with Gasteiger partial charge in [-0.05, 0) is 44.5 Å². The molecule has 0 saturated heterocycles. The molecular formula is C25H38N2O4SSi. The van der Waals surface area contributed by atoms with Crippen LogP contribution >= 0.6 is 0 Å². The molecule has 2 atom stereocenters.